The van der Waals surface area contributed by atoms with Gasteiger partial charge in [0.1, 0.15) is 0 Å². The van der Waals surface area contributed by atoms with Gasteiger partial charge in [0, 0.05) is 12.6 Å². The van der Waals surface area contributed by atoms with Crippen LogP contribution in [0, 0.1) is 5.41 Å². The second kappa shape index (κ2) is 9.78. The van der Waals surface area contributed by atoms with Crippen molar-refractivity contribution in [3.8, 4) is 0 Å². The molecule has 2 nitrogen and oxygen atoms in total. The Morgan fingerprint density at radius 3 is 1.65 bits per heavy atom. The van der Waals surface area contributed by atoms with E-state index < -0.39 is 0 Å². The number of nitrogens with two attached hydrogens (primary N) is 1. The SMILES string of the molecule is CN(CC(C)(C)CN)C1CCCCCCCCCCC1. The lowest BCUT2D eigenvalue weighted by Gasteiger charge is -2.35. The summed E-state index contributed by atoms with van der Waals surface area (Å²) in [5.74, 6) is 0. The lowest BCUT2D eigenvalue weighted by atomic mass is 9.91. The maximum Gasteiger partial charge on any atom is 0.00924 e. The van der Waals surface area contributed by atoms with Gasteiger partial charge in [0.15, 0.2) is 0 Å². The third-order valence-electron chi connectivity index (χ3n) is 4.93. The molecule has 1 saturated carbocycles. The molecular weight excluding hydrogens is 244 g/mol. The normalized spacial score (nSPS) is 21.4. The van der Waals surface area contributed by atoms with Crippen molar-refractivity contribution < 1.29 is 0 Å². The average Bonchev–Trinajstić information content (AvgIpc) is 2.38. The molecule has 0 unspecified atom stereocenters. The predicted octanol–water partition coefficient (Wildman–Crippen LogP) is 4.58. The van der Waals surface area contributed by atoms with Gasteiger partial charge in [-0.3, -0.25) is 0 Å². The molecule has 0 bridgehead atoms. The number of nitrogens with zero attached hydrogens (tertiary/aromatic N) is 1. The molecule has 0 aromatic heterocycles. The van der Waals surface area contributed by atoms with E-state index >= 15 is 0 Å². The van der Waals surface area contributed by atoms with Crippen molar-refractivity contribution in [2.45, 2.75) is 90.5 Å². The minimum atomic E-state index is 0.248. The molecule has 0 aromatic carbocycles. The van der Waals surface area contributed by atoms with Crippen LogP contribution in [0.25, 0.3) is 0 Å². The van der Waals surface area contributed by atoms with E-state index in [-0.39, 0.29) is 5.41 Å². The van der Waals surface area contributed by atoms with E-state index in [1.165, 1.54) is 70.6 Å². The molecule has 120 valence electrons. The molecular formula is C18H38N2. The van der Waals surface area contributed by atoms with Crippen LogP contribution in [0.3, 0.4) is 0 Å². The highest BCUT2D eigenvalue weighted by molar-refractivity contribution is 4.78. The van der Waals surface area contributed by atoms with Gasteiger partial charge in [-0.25, -0.2) is 0 Å². The zero-order valence-corrected chi connectivity index (χ0v) is 14.3. The van der Waals surface area contributed by atoms with Crippen LogP contribution in [-0.2, 0) is 0 Å². The van der Waals surface area contributed by atoms with E-state index in [1.54, 1.807) is 0 Å². The van der Waals surface area contributed by atoms with E-state index in [0.29, 0.717) is 0 Å². The molecule has 1 fully saturated rings. The largest absolute Gasteiger partial charge is 0.330 e. The molecule has 2 N–H and O–H groups in total. The average molecular weight is 283 g/mol. The quantitative estimate of drug-likeness (QED) is 0.818. The van der Waals surface area contributed by atoms with Crippen molar-refractivity contribution in [1.82, 2.24) is 4.90 Å². The summed E-state index contributed by atoms with van der Waals surface area (Å²) >= 11 is 0. The van der Waals surface area contributed by atoms with E-state index in [1.807, 2.05) is 0 Å². The molecule has 0 atom stereocenters. The molecule has 0 saturated heterocycles. The number of hydrogen-bond acceptors (Lipinski definition) is 2. The minimum absolute atomic E-state index is 0.248. The van der Waals surface area contributed by atoms with E-state index in [0.717, 1.165) is 19.1 Å². The summed E-state index contributed by atoms with van der Waals surface area (Å²) in [7, 11) is 2.31. The molecule has 20 heavy (non-hydrogen) atoms. The summed E-state index contributed by atoms with van der Waals surface area (Å²) in [5, 5.41) is 0. The Labute approximate surface area is 127 Å². The fraction of sp³-hybridized carbons (Fsp3) is 1.00. The summed E-state index contributed by atoms with van der Waals surface area (Å²) in [5.41, 5.74) is 6.15. The number of rotatable bonds is 4. The molecule has 0 aliphatic heterocycles. The van der Waals surface area contributed by atoms with Gasteiger partial charge in [0.05, 0.1) is 0 Å². The van der Waals surface area contributed by atoms with Crippen LogP contribution >= 0.6 is 0 Å². The van der Waals surface area contributed by atoms with E-state index in [4.69, 9.17) is 5.73 Å². The Hall–Kier alpha value is -0.0800. The predicted molar refractivity (Wildman–Crippen MR) is 90.0 cm³/mol. The number of hydrogen-bond donors (Lipinski definition) is 1. The Morgan fingerprint density at radius 1 is 0.850 bits per heavy atom. The minimum Gasteiger partial charge on any atom is -0.330 e. The third-order valence-corrected chi connectivity index (χ3v) is 4.93. The third kappa shape index (κ3) is 7.64. The summed E-state index contributed by atoms with van der Waals surface area (Å²) in [4.78, 5) is 2.60. The van der Waals surface area contributed by atoms with Crippen molar-refractivity contribution in [3.63, 3.8) is 0 Å². The molecule has 0 aromatic rings. The van der Waals surface area contributed by atoms with Crippen LogP contribution in [0.5, 0.6) is 0 Å². The fourth-order valence-corrected chi connectivity index (χ4v) is 3.45. The van der Waals surface area contributed by atoms with Crippen LogP contribution in [0.15, 0.2) is 0 Å². The van der Waals surface area contributed by atoms with Crippen LogP contribution in [0.1, 0.15) is 84.5 Å². The highest BCUT2D eigenvalue weighted by atomic mass is 15.1. The second-order valence-corrected chi connectivity index (χ2v) is 7.70. The van der Waals surface area contributed by atoms with Crippen LogP contribution in [0.4, 0.5) is 0 Å². The summed E-state index contributed by atoms with van der Waals surface area (Å²) in [6, 6.07) is 0.778. The topological polar surface area (TPSA) is 29.3 Å². The maximum atomic E-state index is 5.90. The molecule has 0 amide bonds. The molecule has 1 rings (SSSR count). The second-order valence-electron chi connectivity index (χ2n) is 7.70. The fourth-order valence-electron chi connectivity index (χ4n) is 3.45. The van der Waals surface area contributed by atoms with Crippen LogP contribution < -0.4 is 5.73 Å². The summed E-state index contributed by atoms with van der Waals surface area (Å²) in [6.07, 6.45) is 15.8. The van der Waals surface area contributed by atoms with Crippen LogP contribution in [0.2, 0.25) is 0 Å². The van der Waals surface area contributed by atoms with Crippen molar-refractivity contribution in [3.05, 3.63) is 0 Å². The van der Waals surface area contributed by atoms with Gasteiger partial charge < -0.3 is 10.6 Å². The van der Waals surface area contributed by atoms with Gasteiger partial charge in [-0.1, -0.05) is 71.6 Å². The van der Waals surface area contributed by atoms with Gasteiger partial charge in [-0.15, -0.1) is 0 Å². The Morgan fingerprint density at radius 2 is 1.25 bits per heavy atom. The monoisotopic (exact) mass is 282 g/mol. The van der Waals surface area contributed by atoms with Crippen LogP contribution in [-0.4, -0.2) is 31.1 Å². The van der Waals surface area contributed by atoms with E-state index in [2.05, 4.69) is 25.8 Å². The lowest BCUT2D eigenvalue weighted by molar-refractivity contribution is 0.146. The van der Waals surface area contributed by atoms with Crippen molar-refractivity contribution in [2.75, 3.05) is 20.1 Å². The molecule has 0 spiro atoms. The van der Waals surface area contributed by atoms with Gasteiger partial charge >= 0.3 is 0 Å². The molecule has 1 aliphatic rings. The van der Waals surface area contributed by atoms with Gasteiger partial charge in [0.2, 0.25) is 0 Å². The maximum absolute atomic E-state index is 5.90. The first kappa shape index (κ1) is 18.0. The first-order valence-electron chi connectivity index (χ1n) is 8.95. The van der Waals surface area contributed by atoms with Crippen molar-refractivity contribution in [1.29, 1.82) is 0 Å². The lowest BCUT2D eigenvalue weighted by Crippen LogP contribution is -2.42. The van der Waals surface area contributed by atoms with Gasteiger partial charge in [0.25, 0.3) is 0 Å². The summed E-state index contributed by atoms with van der Waals surface area (Å²) < 4.78 is 0. The van der Waals surface area contributed by atoms with Gasteiger partial charge in [-0.2, -0.15) is 0 Å². The van der Waals surface area contributed by atoms with Gasteiger partial charge in [-0.05, 0) is 31.8 Å². The Bertz CT molecular complexity index is 226. The van der Waals surface area contributed by atoms with Crippen molar-refractivity contribution >= 4 is 0 Å². The molecule has 2 heteroatoms. The van der Waals surface area contributed by atoms with E-state index in [9.17, 15) is 0 Å². The van der Waals surface area contributed by atoms with Crippen molar-refractivity contribution in [2.24, 2.45) is 11.1 Å². The summed E-state index contributed by atoms with van der Waals surface area (Å²) in [6.45, 7) is 6.50. The Balaban J connectivity index is 2.44. The smallest absolute Gasteiger partial charge is 0.00924 e. The highest BCUT2D eigenvalue weighted by Crippen LogP contribution is 2.22. The molecule has 0 heterocycles. The first-order valence-corrected chi connectivity index (χ1v) is 8.95. The first-order chi connectivity index (χ1) is 9.55. The highest BCUT2D eigenvalue weighted by Gasteiger charge is 2.22. The Kier molecular flexibility index (Phi) is 8.79. The standard InChI is InChI=1S/C18H38N2/c1-18(2,15-19)16-20(3)17-13-11-9-7-5-4-6-8-10-12-14-17/h17H,4-16,19H2,1-3H3. The zero-order chi connectivity index (χ0) is 14.8. The molecule has 1 aliphatic carbocycles. The zero-order valence-electron chi connectivity index (χ0n) is 14.3. The molecule has 0 radical (unpaired) electrons.